The van der Waals surface area contributed by atoms with Gasteiger partial charge in [0.25, 0.3) is 0 Å². The number of amides is 4. The molecule has 0 saturated carbocycles. The Morgan fingerprint density at radius 2 is 1.68 bits per heavy atom. The number of fused-ring (bicyclic) bond motifs is 1. The fourth-order valence-corrected chi connectivity index (χ4v) is 5.10. The molecule has 1 aliphatic carbocycles. The normalized spacial score (nSPS) is 20.3. The number of nitrogens with zero attached hydrogens (tertiary/aromatic N) is 2. The summed E-state index contributed by atoms with van der Waals surface area (Å²) < 4.78 is 0. The minimum absolute atomic E-state index is 0.0106. The molecule has 1 saturated heterocycles. The lowest BCUT2D eigenvalue weighted by atomic mass is 9.85. The highest BCUT2D eigenvalue weighted by atomic mass is 35.5. The number of hydrogen-bond donors (Lipinski definition) is 1. The van der Waals surface area contributed by atoms with Gasteiger partial charge in [0.2, 0.25) is 23.6 Å². The summed E-state index contributed by atoms with van der Waals surface area (Å²) in [6.07, 6.45) is 6.03. The van der Waals surface area contributed by atoms with Crippen LogP contribution in [0.3, 0.4) is 0 Å². The average Bonchev–Trinajstić information content (AvgIpc) is 3.07. The average molecular weight is 508 g/mol. The number of imide groups is 1. The van der Waals surface area contributed by atoms with Crippen LogP contribution in [-0.2, 0) is 25.7 Å². The van der Waals surface area contributed by atoms with Crippen molar-refractivity contribution in [2.75, 3.05) is 13.1 Å². The zero-order chi connectivity index (χ0) is 24.8. The molecule has 3 rings (SSSR count). The van der Waals surface area contributed by atoms with Crippen LogP contribution in [0.1, 0.15) is 51.5 Å². The molecule has 7 nitrogen and oxygen atoms in total. The lowest BCUT2D eigenvalue weighted by Gasteiger charge is -2.31. The molecule has 1 aromatic carbocycles. The van der Waals surface area contributed by atoms with E-state index in [9.17, 15) is 19.2 Å². The summed E-state index contributed by atoms with van der Waals surface area (Å²) >= 11 is 12.7. The minimum atomic E-state index is -0.733. The van der Waals surface area contributed by atoms with Crippen LogP contribution in [-0.4, -0.2) is 52.6 Å². The van der Waals surface area contributed by atoms with Crippen LogP contribution in [0.15, 0.2) is 30.4 Å². The van der Waals surface area contributed by atoms with Crippen LogP contribution in [0.5, 0.6) is 0 Å². The molecule has 0 unspecified atom stereocenters. The Morgan fingerprint density at radius 1 is 1.09 bits per heavy atom. The predicted octanol–water partition coefficient (Wildman–Crippen LogP) is 3.97. The van der Waals surface area contributed by atoms with Gasteiger partial charge in [0.05, 0.1) is 11.8 Å². The number of carbonyl (C=O) groups excluding carboxylic acids is 4. The Morgan fingerprint density at radius 3 is 2.21 bits per heavy atom. The van der Waals surface area contributed by atoms with Crippen LogP contribution in [0.4, 0.5) is 0 Å². The number of carbonyl (C=O) groups is 4. The third kappa shape index (κ3) is 5.63. The molecule has 3 atom stereocenters. The SMILES string of the molecule is CCCNC(=O)[C@@H](CC)N(Cc1c(Cl)cccc1Cl)C(=O)CCN1C(=O)[C@H]2CC=CC[C@H]2C1=O. The first-order valence-corrected chi connectivity index (χ1v) is 12.6. The van der Waals surface area contributed by atoms with E-state index in [1.165, 1.54) is 9.80 Å². The van der Waals surface area contributed by atoms with E-state index in [-0.39, 0.29) is 55.0 Å². The van der Waals surface area contributed by atoms with E-state index in [1.807, 2.05) is 26.0 Å². The van der Waals surface area contributed by atoms with Crippen LogP contribution in [0.2, 0.25) is 10.0 Å². The highest BCUT2D eigenvalue weighted by molar-refractivity contribution is 6.36. The quantitative estimate of drug-likeness (QED) is 0.383. The Labute approximate surface area is 210 Å². The second-order valence-corrected chi connectivity index (χ2v) is 9.49. The van der Waals surface area contributed by atoms with Gasteiger partial charge in [-0.05, 0) is 37.8 Å². The Kier molecular flexibility index (Phi) is 9.14. The van der Waals surface area contributed by atoms with Crippen molar-refractivity contribution in [2.45, 2.75) is 58.5 Å². The first-order chi connectivity index (χ1) is 16.3. The van der Waals surface area contributed by atoms with Crippen molar-refractivity contribution in [3.05, 3.63) is 46.0 Å². The van der Waals surface area contributed by atoms with Crippen molar-refractivity contribution in [3.63, 3.8) is 0 Å². The van der Waals surface area contributed by atoms with E-state index in [0.29, 0.717) is 41.4 Å². The number of hydrogen-bond acceptors (Lipinski definition) is 4. The van der Waals surface area contributed by atoms with Gasteiger partial charge < -0.3 is 10.2 Å². The summed E-state index contributed by atoms with van der Waals surface area (Å²) in [6, 6.07) is 4.34. The van der Waals surface area contributed by atoms with Crippen molar-refractivity contribution < 1.29 is 19.2 Å². The number of halogens is 2. The van der Waals surface area contributed by atoms with Crippen LogP contribution in [0.25, 0.3) is 0 Å². The standard InChI is InChI=1S/C25H31Cl2N3O4/c1-3-13-28-23(32)21(4-2)30(15-18-19(26)10-7-11-20(18)27)22(31)12-14-29-24(33)16-8-5-6-9-17(16)25(29)34/h5-7,10-11,16-17,21H,3-4,8-9,12-15H2,1-2H3,(H,28,32)/t16-,17+,21-/m1/s1. The summed E-state index contributed by atoms with van der Waals surface area (Å²) in [7, 11) is 0. The highest BCUT2D eigenvalue weighted by Crippen LogP contribution is 2.35. The summed E-state index contributed by atoms with van der Waals surface area (Å²) in [5, 5.41) is 3.65. The molecule has 0 spiro atoms. The fourth-order valence-electron chi connectivity index (χ4n) is 4.58. The monoisotopic (exact) mass is 507 g/mol. The molecule has 1 aromatic rings. The van der Waals surface area contributed by atoms with E-state index in [4.69, 9.17) is 23.2 Å². The van der Waals surface area contributed by atoms with Gasteiger partial charge in [-0.3, -0.25) is 24.1 Å². The van der Waals surface area contributed by atoms with Gasteiger partial charge in [-0.25, -0.2) is 0 Å². The lowest BCUT2D eigenvalue weighted by molar-refractivity contribution is -0.144. The Bertz CT molecular complexity index is 935. The second-order valence-electron chi connectivity index (χ2n) is 8.67. The largest absolute Gasteiger partial charge is 0.354 e. The van der Waals surface area contributed by atoms with Gasteiger partial charge in [0.15, 0.2) is 0 Å². The topological polar surface area (TPSA) is 86.8 Å². The van der Waals surface area contributed by atoms with E-state index in [2.05, 4.69) is 5.32 Å². The molecule has 0 bridgehead atoms. The number of nitrogens with one attached hydrogen (secondary N) is 1. The second kappa shape index (κ2) is 11.8. The van der Waals surface area contributed by atoms with E-state index in [1.54, 1.807) is 18.2 Å². The zero-order valence-corrected chi connectivity index (χ0v) is 21.1. The highest BCUT2D eigenvalue weighted by Gasteiger charge is 2.47. The fraction of sp³-hybridized carbons (Fsp3) is 0.520. The number of allylic oxidation sites excluding steroid dienone is 2. The maximum atomic E-state index is 13.4. The summed E-state index contributed by atoms with van der Waals surface area (Å²) in [5.41, 5.74) is 0.548. The Balaban J connectivity index is 1.79. The van der Waals surface area contributed by atoms with Crippen molar-refractivity contribution >= 4 is 46.8 Å². The first kappa shape index (κ1) is 26.2. The van der Waals surface area contributed by atoms with Crippen molar-refractivity contribution in [1.29, 1.82) is 0 Å². The molecule has 1 N–H and O–H groups in total. The van der Waals surface area contributed by atoms with Crippen LogP contribution in [0, 0.1) is 11.8 Å². The molecule has 34 heavy (non-hydrogen) atoms. The Hall–Kier alpha value is -2.38. The van der Waals surface area contributed by atoms with E-state index < -0.39 is 6.04 Å². The number of benzene rings is 1. The van der Waals surface area contributed by atoms with E-state index in [0.717, 1.165) is 6.42 Å². The molecule has 9 heteroatoms. The summed E-state index contributed by atoms with van der Waals surface area (Å²) in [4.78, 5) is 54.5. The minimum Gasteiger partial charge on any atom is -0.354 e. The van der Waals surface area contributed by atoms with Gasteiger partial charge >= 0.3 is 0 Å². The van der Waals surface area contributed by atoms with Crippen LogP contribution >= 0.6 is 23.2 Å². The maximum absolute atomic E-state index is 13.4. The molecular weight excluding hydrogens is 477 g/mol. The molecular formula is C25H31Cl2N3O4. The van der Waals surface area contributed by atoms with Crippen molar-refractivity contribution in [2.24, 2.45) is 11.8 Å². The third-order valence-electron chi connectivity index (χ3n) is 6.47. The maximum Gasteiger partial charge on any atom is 0.242 e. The number of rotatable bonds is 10. The molecule has 1 heterocycles. The van der Waals surface area contributed by atoms with E-state index >= 15 is 0 Å². The lowest BCUT2D eigenvalue weighted by Crippen LogP contribution is -2.50. The molecule has 0 radical (unpaired) electrons. The number of likely N-dealkylation sites (tertiary alicyclic amines) is 1. The molecule has 2 aliphatic rings. The third-order valence-corrected chi connectivity index (χ3v) is 7.18. The van der Waals surface area contributed by atoms with Gasteiger partial charge in [-0.15, -0.1) is 0 Å². The zero-order valence-electron chi connectivity index (χ0n) is 19.6. The smallest absolute Gasteiger partial charge is 0.242 e. The van der Waals surface area contributed by atoms with Gasteiger partial charge in [-0.1, -0.05) is 55.3 Å². The first-order valence-electron chi connectivity index (χ1n) is 11.8. The van der Waals surface area contributed by atoms with Crippen LogP contribution < -0.4 is 5.32 Å². The van der Waals surface area contributed by atoms with Crippen molar-refractivity contribution in [1.82, 2.24) is 15.1 Å². The molecule has 1 aliphatic heterocycles. The van der Waals surface area contributed by atoms with Gasteiger partial charge in [0, 0.05) is 41.7 Å². The van der Waals surface area contributed by atoms with Crippen molar-refractivity contribution in [3.8, 4) is 0 Å². The molecule has 0 aromatic heterocycles. The molecule has 1 fully saturated rings. The predicted molar refractivity (Wildman–Crippen MR) is 131 cm³/mol. The van der Waals surface area contributed by atoms with Gasteiger partial charge in [-0.2, -0.15) is 0 Å². The summed E-state index contributed by atoms with van der Waals surface area (Å²) in [5.74, 6) is -1.72. The van der Waals surface area contributed by atoms with Gasteiger partial charge in [0.1, 0.15) is 6.04 Å². The summed E-state index contributed by atoms with van der Waals surface area (Å²) in [6.45, 7) is 4.31. The molecule has 4 amide bonds. The molecule has 184 valence electrons.